The number of hydrogen-bond donors (Lipinski definition) is 2. The first-order chi connectivity index (χ1) is 9.04. The van der Waals surface area contributed by atoms with Crippen LogP contribution in [0.1, 0.15) is 5.56 Å². The van der Waals surface area contributed by atoms with Crippen molar-refractivity contribution < 1.29 is 14.4 Å². The van der Waals surface area contributed by atoms with E-state index in [0.717, 1.165) is 27.1 Å². The minimum atomic E-state index is -4.10. The van der Waals surface area contributed by atoms with E-state index in [0.29, 0.717) is 0 Å². The fourth-order valence-electron chi connectivity index (χ4n) is 2.48. The summed E-state index contributed by atoms with van der Waals surface area (Å²) in [6.45, 7) is 0. The van der Waals surface area contributed by atoms with Gasteiger partial charge in [-0.25, -0.2) is 0 Å². The molecule has 0 aliphatic carbocycles. The SMILES string of the molecule is O=P(O)(O)Cc1c2ccccc2cc2ccccc12. The summed E-state index contributed by atoms with van der Waals surface area (Å²) < 4.78 is 11.4. The molecule has 0 aliphatic rings. The van der Waals surface area contributed by atoms with Crippen molar-refractivity contribution in [3.63, 3.8) is 0 Å². The van der Waals surface area contributed by atoms with Gasteiger partial charge in [0, 0.05) is 0 Å². The van der Waals surface area contributed by atoms with Crippen LogP contribution in [-0.2, 0) is 10.7 Å². The number of benzene rings is 3. The normalized spacial score (nSPS) is 12.1. The van der Waals surface area contributed by atoms with Crippen molar-refractivity contribution in [3.8, 4) is 0 Å². The zero-order chi connectivity index (χ0) is 13.5. The van der Waals surface area contributed by atoms with E-state index in [9.17, 15) is 14.4 Å². The Balaban J connectivity index is 2.43. The lowest BCUT2D eigenvalue weighted by Crippen LogP contribution is -1.91. The molecular weight excluding hydrogens is 259 g/mol. The minimum absolute atomic E-state index is 0.227. The van der Waals surface area contributed by atoms with E-state index in [1.165, 1.54) is 0 Å². The van der Waals surface area contributed by atoms with Crippen LogP contribution in [0.2, 0.25) is 0 Å². The predicted octanol–water partition coefficient (Wildman–Crippen LogP) is 3.67. The summed E-state index contributed by atoms with van der Waals surface area (Å²) in [5.41, 5.74) is 0.724. The zero-order valence-electron chi connectivity index (χ0n) is 10.2. The maximum atomic E-state index is 11.4. The maximum absolute atomic E-state index is 11.4. The Morgan fingerprint density at radius 2 is 1.32 bits per heavy atom. The highest BCUT2D eigenvalue weighted by Gasteiger charge is 2.18. The van der Waals surface area contributed by atoms with Crippen LogP contribution in [0.3, 0.4) is 0 Å². The van der Waals surface area contributed by atoms with Crippen LogP contribution in [0, 0.1) is 0 Å². The number of fused-ring (bicyclic) bond motifs is 2. The molecule has 0 atom stereocenters. The fourth-order valence-corrected chi connectivity index (χ4v) is 3.24. The average molecular weight is 272 g/mol. The molecule has 0 aliphatic heterocycles. The van der Waals surface area contributed by atoms with Crippen LogP contribution < -0.4 is 0 Å². The molecule has 0 spiro atoms. The molecule has 19 heavy (non-hydrogen) atoms. The van der Waals surface area contributed by atoms with Gasteiger partial charge in [0.1, 0.15) is 0 Å². The molecule has 96 valence electrons. The smallest absolute Gasteiger partial charge is 0.324 e. The van der Waals surface area contributed by atoms with Crippen LogP contribution in [-0.4, -0.2) is 9.79 Å². The lowest BCUT2D eigenvalue weighted by atomic mass is 9.98. The van der Waals surface area contributed by atoms with Crippen LogP contribution in [0.25, 0.3) is 21.5 Å². The summed E-state index contributed by atoms with van der Waals surface area (Å²) in [5.74, 6) is 0. The minimum Gasteiger partial charge on any atom is -0.324 e. The lowest BCUT2D eigenvalue weighted by Gasteiger charge is -2.12. The second-order valence-corrected chi connectivity index (χ2v) is 6.27. The summed E-state index contributed by atoms with van der Waals surface area (Å²) in [4.78, 5) is 18.6. The van der Waals surface area contributed by atoms with Crippen molar-refractivity contribution in [1.82, 2.24) is 0 Å². The molecule has 0 fully saturated rings. The van der Waals surface area contributed by atoms with Crippen molar-refractivity contribution in [2.75, 3.05) is 0 Å². The Labute approximate surface area is 110 Å². The van der Waals surface area contributed by atoms with Crippen molar-refractivity contribution in [2.24, 2.45) is 0 Å². The van der Waals surface area contributed by atoms with Gasteiger partial charge in [-0.1, -0.05) is 48.5 Å². The average Bonchev–Trinajstić information content (AvgIpc) is 2.37. The molecule has 0 aromatic heterocycles. The van der Waals surface area contributed by atoms with Crippen LogP contribution in [0.5, 0.6) is 0 Å². The molecular formula is C15H13O3P. The third-order valence-corrected chi connectivity index (χ3v) is 3.98. The molecule has 3 rings (SSSR count). The summed E-state index contributed by atoms with van der Waals surface area (Å²) in [6, 6.07) is 17.4. The Kier molecular flexibility index (Phi) is 2.90. The van der Waals surface area contributed by atoms with Gasteiger partial charge in [-0.3, -0.25) is 4.57 Å². The molecule has 0 bridgehead atoms. The zero-order valence-corrected chi connectivity index (χ0v) is 11.0. The van der Waals surface area contributed by atoms with Crippen molar-refractivity contribution >= 4 is 29.1 Å². The summed E-state index contributed by atoms with van der Waals surface area (Å²) in [5, 5.41) is 3.82. The molecule has 0 heterocycles. The van der Waals surface area contributed by atoms with Gasteiger partial charge in [-0.05, 0) is 33.2 Å². The molecule has 3 nitrogen and oxygen atoms in total. The highest BCUT2D eigenvalue weighted by Crippen LogP contribution is 2.43. The third-order valence-electron chi connectivity index (χ3n) is 3.25. The second kappa shape index (κ2) is 4.46. The van der Waals surface area contributed by atoms with Gasteiger partial charge in [0.2, 0.25) is 0 Å². The van der Waals surface area contributed by atoms with E-state index >= 15 is 0 Å². The Morgan fingerprint density at radius 3 is 1.79 bits per heavy atom. The molecule has 0 radical (unpaired) electrons. The fraction of sp³-hybridized carbons (Fsp3) is 0.0667. The van der Waals surface area contributed by atoms with Gasteiger partial charge in [-0.2, -0.15) is 0 Å². The van der Waals surface area contributed by atoms with Gasteiger partial charge < -0.3 is 9.79 Å². The van der Waals surface area contributed by atoms with E-state index in [-0.39, 0.29) is 6.16 Å². The standard InChI is InChI=1S/C15H13O3P/c16-19(17,18)10-15-13-7-3-1-5-11(13)9-12-6-2-4-8-14(12)15/h1-9H,10H2,(H2,16,17,18). The van der Waals surface area contributed by atoms with Crippen molar-refractivity contribution in [2.45, 2.75) is 6.16 Å². The van der Waals surface area contributed by atoms with Gasteiger partial charge in [-0.15, -0.1) is 0 Å². The summed E-state index contributed by atoms with van der Waals surface area (Å²) in [6.07, 6.45) is -0.227. The summed E-state index contributed by atoms with van der Waals surface area (Å²) in [7, 11) is -4.10. The van der Waals surface area contributed by atoms with E-state index < -0.39 is 7.60 Å². The molecule has 3 aromatic rings. The van der Waals surface area contributed by atoms with E-state index in [4.69, 9.17) is 0 Å². The molecule has 2 N–H and O–H groups in total. The first kappa shape index (κ1) is 12.4. The van der Waals surface area contributed by atoms with Crippen LogP contribution >= 0.6 is 7.60 Å². The van der Waals surface area contributed by atoms with Crippen LogP contribution in [0.15, 0.2) is 54.6 Å². The largest absolute Gasteiger partial charge is 0.329 e. The van der Waals surface area contributed by atoms with Crippen molar-refractivity contribution in [3.05, 3.63) is 60.2 Å². The van der Waals surface area contributed by atoms with E-state index in [1.807, 2.05) is 54.6 Å². The molecule has 0 saturated carbocycles. The van der Waals surface area contributed by atoms with Gasteiger partial charge in [0.15, 0.2) is 0 Å². The quantitative estimate of drug-likeness (QED) is 0.552. The monoisotopic (exact) mass is 272 g/mol. The van der Waals surface area contributed by atoms with Gasteiger partial charge >= 0.3 is 7.60 Å². The van der Waals surface area contributed by atoms with Crippen molar-refractivity contribution in [1.29, 1.82) is 0 Å². The summed E-state index contributed by atoms with van der Waals surface area (Å²) >= 11 is 0. The predicted molar refractivity (Wildman–Crippen MR) is 77.2 cm³/mol. The van der Waals surface area contributed by atoms with Gasteiger partial charge in [0.25, 0.3) is 0 Å². The lowest BCUT2D eigenvalue weighted by molar-refractivity contribution is 0.372. The maximum Gasteiger partial charge on any atom is 0.329 e. The first-order valence-electron chi connectivity index (χ1n) is 5.98. The van der Waals surface area contributed by atoms with E-state index in [2.05, 4.69) is 0 Å². The van der Waals surface area contributed by atoms with Crippen LogP contribution in [0.4, 0.5) is 0 Å². The molecule has 0 amide bonds. The molecule has 3 aromatic carbocycles. The Hall–Kier alpha value is -1.67. The Morgan fingerprint density at radius 1 is 0.842 bits per heavy atom. The Bertz CT molecular complexity index is 751. The molecule has 4 heteroatoms. The number of rotatable bonds is 2. The molecule has 0 saturated heterocycles. The second-order valence-electron chi connectivity index (χ2n) is 4.62. The highest BCUT2D eigenvalue weighted by atomic mass is 31.2. The first-order valence-corrected chi connectivity index (χ1v) is 7.78. The third kappa shape index (κ3) is 2.41. The van der Waals surface area contributed by atoms with Gasteiger partial charge in [0.05, 0.1) is 6.16 Å². The topological polar surface area (TPSA) is 57.5 Å². The van der Waals surface area contributed by atoms with E-state index in [1.54, 1.807) is 0 Å². The highest BCUT2D eigenvalue weighted by molar-refractivity contribution is 7.50. The number of hydrogen-bond acceptors (Lipinski definition) is 1. The molecule has 0 unspecified atom stereocenters.